The number of aryl methyl sites for hydroxylation is 1. The third-order valence-corrected chi connectivity index (χ3v) is 5.87. The van der Waals surface area contributed by atoms with E-state index in [2.05, 4.69) is 36.9 Å². The van der Waals surface area contributed by atoms with Crippen molar-refractivity contribution in [2.45, 2.75) is 20.5 Å². The molecule has 0 unspecified atom stereocenters. The predicted octanol–water partition coefficient (Wildman–Crippen LogP) is 4.84. The zero-order chi connectivity index (χ0) is 20.9. The normalized spacial score (nSPS) is 13.9. The summed E-state index contributed by atoms with van der Waals surface area (Å²) >= 11 is 0. The summed E-state index contributed by atoms with van der Waals surface area (Å²) in [5.41, 5.74) is 5.55. The Balaban J connectivity index is 1.42. The zero-order valence-corrected chi connectivity index (χ0v) is 17.7. The van der Waals surface area contributed by atoms with E-state index in [-0.39, 0.29) is 5.91 Å². The number of para-hydroxylation sites is 1. The smallest absolute Gasteiger partial charge is 0.254 e. The molecule has 3 aromatic carbocycles. The molecule has 1 fully saturated rings. The van der Waals surface area contributed by atoms with E-state index in [1.807, 2.05) is 59.5 Å². The molecule has 0 aliphatic carbocycles. The van der Waals surface area contributed by atoms with E-state index in [4.69, 9.17) is 4.74 Å². The molecule has 1 heterocycles. The summed E-state index contributed by atoms with van der Waals surface area (Å²) in [4.78, 5) is 17.6. The van der Waals surface area contributed by atoms with E-state index in [9.17, 15) is 4.79 Å². The first-order valence-corrected chi connectivity index (χ1v) is 10.5. The van der Waals surface area contributed by atoms with Crippen molar-refractivity contribution in [1.82, 2.24) is 4.90 Å². The van der Waals surface area contributed by atoms with Crippen LogP contribution in [-0.2, 0) is 6.61 Å². The van der Waals surface area contributed by atoms with Crippen LogP contribution in [0.4, 0.5) is 5.69 Å². The minimum absolute atomic E-state index is 0.0860. The first-order chi connectivity index (χ1) is 14.6. The van der Waals surface area contributed by atoms with E-state index < -0.39 is 0 Å². The van der Waals surface area contributed by atoms with Crippen LogP contribution in [0.15, 0.2) is 72.8 Å². The van der Waals surface area contributed by atoms with E-state index in [1.54, 1.807) is 0 Å². The summed E-state index contributed by atoms with van der Waals surface area (Å²) in [6.45, 7) is 7.84. The van der Waals surface area contributed by atoms with Gasteiger partial charge >= 0.3 is 0 Å². The number of carbonyl (C=O) groups is 1. The van der Waals surface area contributed by atoms with Crippen LogP contribution in [0.3, 0.4) is 0 Å². The number of hydrogen-bond acceptors (Lipinski definition) is 3. The Labute approximate surface area is 178 Å². The maximum absolute atomic E-state index is 13.2. The van der Waals surface area contributed by atoms with Crippen molar-refractivity contribution in [3.63, 3.8) is 0 Å². The van der Waals surface area contributed by atoms with Crippen molar-refractivity contribution in [2.24, 2.45) is 0 Å². The minimum atomic E-state index is 0.0860. The molecule has 4 rings (SSSR count). The fourth-order valence-corrected chi connectivity index (χ4v) is 3.93. The first kappa shape index (κ1) is 20.0. The average Bonchev–Trinajstić information content (AvgIpc) is 2.80. The fourth-order valence-electron chi connectivity index (χ4n) is 3.93. The molecule has 1 aliphatic heterocycles. The lowest BCUT2D eigenvalue weighted by atomic mass is 10.1. The van der Waals surface area contributed by atoms with Crippen molar-refractivity contribution in [3.05, 3.63) is 95.1 Å². The molecule has 0 radical (unpaired) electrons. The highest BCUT2D eigenvalue weighted by atomic mass is 16.5. The van der Waals surface area contributed by atoms with Crippen LogP contribution < -0.4 is 9.64 Å². The molecule has 1 amide bonds. The van der Waals surface area contributed by atoms with Crippen LogP contribution in [0, 0.1) is 13.8 Å². The Morgan fingerprint density at radius 2 is 1.53 bits per heavy atom. The number of anilines is 1. The molecular formula is C26H28N2O2. The quantitative estimate of drug-likeness (QED) is 0.614. The second-order valence-electron chi connectivity index (χ2n) is 7.76. The van der Waals surface area contributed by atoms with Gasteiger partial charge in [0.2, 0.25) is 0 Å². The zero-order valence-electron chi connectivity index (χ0n) is 17.7. The van der Waals surface area contributed by atoms with Gasteiger partial charge in [0, 0.05) is 43.0 Å². The molecule has 0 N–H and O–H groups in total. The Bertz CT molecular complexity index is 1010. The van der Waals surface area contributed by atoms with Gasteiger partial charge in [0.1, 0.15) is 12.4 Å². The van der Waals surface area contributed by atoms with Gasteiger partial charge < -0.3 is 14.5 Å². The molecule has 30 heavy (non-hydrogen) atoms. The molecule has 0 aromatic heterocycles. The Hall–Kier alpha value is -3.27. The maximum Gasteiger partial charge on any atom is 0.254 e. The van der Waals surface area contributed by atoms with Gasteiger partial charge in [-0.3, -0.25) is 4.79 Å². The Kier molecular flexibility index (Phi) is 6.03. The fraction of sp³-hybridized carbons (Fsp3) is 0.269. The molecule has 0 saturated carbocycles. The van der Waals surface area contributed by atoms with Crippen molar-refractivity contribution < 1.29 is 9.53 Å². The van der Waals surface area contributed by atoms with Crippen LogP contribution in [0.25, 0.3) is 0 Å². The van der Waals surface area contributed by atoms with Crippen molar-refractivity contribution in [2.75, 3.05) is 31.1 Å². The van der Waals surface area contributed by atoms with E-state index in [1.165, 1.54) is 16.8 Å². The van der Waals surface area contributed by atoms with Gasteiger partial charge in [-0.25, -0.2) is 0 Å². The van der Waals surface area contributed by atoms with Crippen molar-refractivity contribution in [1.29, 1.82) is 0 Å². The SMILES string of the molecule is Cc1cccc(N2CCN(C(=O)c3ccccc3COc3ccccc3)CC2)c1C. The maximum atomic E-state index is 13.2. The molecule has 4 heteroatoms. The van der Waals surface area contributed by atoms with Gasteiger partial charge in [-0.2, -0.15) is 0 Å². The summed E-state index contributed by atoms with van der Waals surface area (Å²) in [6.07, 6.45) is 0. The predicted molar refractivity (Wildman–Crippen MR) is 121 cm³/mol. The van der Waals surface area contributed by atoms with Gasteiger partial charge in [-0.1, -0.05) is 48.5 Å². The summed E-state index contributed by atoms with van der Waals surface area (Å²) in [5, 5.41) is 0. The molecule has 1 aliphatic rings. The number of benzene rings is 3. The summed E-state index contributed by atoms with van der Waals surface area (Å²) in [7, 11) is 0. The van der Waals surface area contributed by atoms with Crippen molar-refractivity contribution in [3.8, 4) is 5.75 Å². The summed E-state index contributed by atoms with van der Waals surface area (Å²) in [6, 6.07) is 23.9. The third-order valence-electron chi connectivity index (χ3n) is 5.87. The van der Waals surface area contributed by atoms with Crippen molar-refractivity contribution >= 4 is 11.6 Å². The number of nitrogens with zero attached hydrogens (tertiary/aromatic N) is 2. The lowest BCUT2D eigenvalue weighted by Crippen LogP contribution is -2.49. The molecule has 4 nitrogen and oxygen atoms in total. The van der Waals surface area contributed by atoms with Gasteiger partial charge in [-0.15, -0.1) is 0 Å². The standard InChI is InChI=1S/C26H28N2O2/c1-20-9-8-14-25(21(20)2)27-15-17-28(18-16-27)26(29)24-13-7-6-10-22(24)19-30-23-11-4-3-5-12-23/h3-14H,15-19H2,1-2H3. The van der Waals surface area contributed by atoms with E-state index in [0.29, 0.717) is 6.61 Å². The van der Waals surface area contributed by atoms with Crippen LogP contribution in [0.1, 0.15) is 27.0 Å². The van der Waals surface area contributed by atoms with Crippen LogP contribution in [-0.4, -0.2) is 37.0 Å². The lowest BCUT2D eigenvalue weighted by Gasteiger charge is -2.37. The number of ether oxygens (including phenoxy) is 1. The van der Waals surface area contributed by atoms with Gasteiger partial charge in [0.25, 0.3) is 5.91 Å². The second kappa shape index (κ2) is 9.04. The monoisotopic (exact) mass is 400 g/mol. The van der Waals surface area contributed by atoms with Gasteiger partial charge in [0.05, 0.1) is 0 Å². The molecule has 0 atom stereocenters. The number of amides is 1. The summed E-state index contributed by atoms with van der Waals surface area (Å²) in [5.74, 6) is 0.893. The molecule has 1 saturated heterocycles. The highest BCUT2D eigenvalue weighted by molar-refractivity contribution is 5.95. The van der Waals surface area contributed by atoms with E-state index >= 15 is 0 Å². The number of hydrogen-bond donors (Lipinski definition) is 0. The third kappa shape index (κ3) is 4.33. The highest BCUT2D eigenvalue weighted by Crippen LogP contribution is 2.24. The molecular weight excluding hydrogens is 372 g/mol. The largest absolute Gasteiger partial charge is 0.489 e. The summed E-state index contributed by atoms with van der Waals surface area (Å²) < 4.78 is 5.89. The number of rotatable bonds is 5. The van der Waals surface area contributed by atoms with Crippen LogP contribution in [0.5, 0.6) is 5.75 Å². The van der Waals surface area contributed by atoms with Crippen LogP contribution >= 0.6 is 0 Å². The molecule has 0 spiro atoms. The topological polar surface area (TPSA) is 32.8 Å². The van der Waals surface area contributed by atoms with E-state index in [0.717, 1.165) is 43.1 Å². The number of carbonyl (C=O) groups excluding carboxylic acids is 1. The Morgan fingerprint density at radius 1 is 0.833 bits per heavy atom. The number of piperazine rings is 1. The van der Waals surface area contributed by atoms with Crippen LogP contribution in [0.2, 0.25) is 0 Å². The minimum Gasteiger partial charge on any atom is -0.489 e. The first-order valence-electron chi connectivity index (χ1n) is 10.5. The second-order valence-corrected chi connectivity index (χ2v) is 7.76. The van der Waals surface area contributed by atoms with Gasteiger partial charge in [-0.05, 0) is 49.2 Å². The highest BCUT2D eigenvalue weighted by Gasteiger charge is 2.24. The average molecular weight is 401 g/mol. The molecule has 3 aromatic rings. The molecule has 0 bridgehead atoms. The lowest BCUT2D eigenvalue weighted by molar-refractivity contribution is 0.0744. The Morgan fingerprint density at radius 3 is 2.30 bits per heavy atom. The van der Waals surface area contributed by atoms with Gasteiger partial charge in [0.15, 0.2) is 0 Å². The molecule has 154 valence electrons.